The van der Waals surface area contributed by atoms with Crippen LogP contribution in [0.4, 0.5) is 0 Å². The summed E-state index contributed by atoms with van der Waals surface area (Å²) in [6, 6.07) is 13.5. The Kier molecular flexibility index (Phi) is 5.79. The van der Waals surface area contributed by atoms with Gasteiger partial charge in [-0.1, -0.05) is 35.9 Å². The second kappa shape index (κ2) is 7.60. The first kappa shape index (κ1) is 16.8. The van der Waals surface area contributed by atoms with Crippen molar-refractivity contribution in [1.29, 1.82) is 0 Å². The van der Waals surface area contributed by atoms with Crippen LogP contribution in [0, 0.1) is 3.57 Å². The maximum absolute atomic E-state index is 12.2. The molecule has 0 unspecified atom stereocenters. The van der Waals surface area contributed by atoms with Crippen molar-refractivity contribution in [2.45, 2.75) is 12.5 Å². The Hall–Kier alpha value is -1.60. The number of halogens is 2. The molecule has 2 amide bonds. The van der Waals surface area contributed by atoms with E-state index in [1.807, 2.05) is 24.3 Å². The Bertz CT molecular complexity index is 689. The van der Waals surface area contributed by atoms with Gasteiger partial charge in [-0.2, -0.15) is 0 Å². The minimum Gasteiger partial charge on any atom is -0.368 e. The number of primary amides is 1. The molecule has 0 aliphatic carbocycles. The fourth-order valence-electron chi connectivity index (χ4n) is 1.96. The summed E-state index contributed by atoms with van der Waals surface area (Å²) in [4.78, 5) is 23.8. The summed E-state index contributed by atoms with van der Waals surface area (Å²) in [5, 5.41) is 2.97. The zero-order valence-corrected chi connectivity index (χ0v) is 14.5. The van der Waals surface area contributed by atoms with Crippen LogP contribution in [0.2, 0.25) is 5.02 Å². The van der Waals surface area contributed by atoms with Crippen LogP contribution < -0.4 is 11.1 Å². The lowest BCUT2D eigenvalue weighted by Gasteiger charge is -2.16. The number of benzene rings is 2. The summed E-state index contributed by atoms with van der Waals surface area (Å²) in [7, 11) is 0. The molecule has 2 aromatic carbocycles. The van der Waals surface area contributed by atoms with Gasteiger partial charge in [-0.3, -0.25) is 9.59 Å². The molecule has 0 heterocycles. The topological polar surface area (TPSA) is 72.2 Å². The second-order valence-corrected chi connectivity index (χ2v) is 6.39. The van der Waals surface area contributed by atoms with Gasteiger partial charge in [0.15, 0.2) is 0 Å². The van der Waals surface area contributed by atoms with Crippen LogP contribution in [0.3, 0.4) is 0 Å². The largest absolute Gasteiger partial charge is 0.368 e. The van der Waals surface area contributed by atoms with Gasteiger partial charge in [-0.15, -0.1) is 0 Å². The normalized spacial score (nSPS) is 11.7. The lowest BCUT2D eigenvalue weighted by molar-refractivity contribution is -0.119. The first-order valence-electron chi connectivity index (χ1n) is 6.56. The molecule has 0 saturated heterocycles. The Morgan fingerprint density at radius 3 is 2.36 bits per heavy atom. The minimum absolute atomic E-state index is 0.318. The monoisotopic (exact) mass is 428 g/mol. The minimum atomic E-state index is -0.788. The summed E-state index contributed by atoms with van der Waals surface area (Å²) in [5.74, 6) is -1.00. The number of carbonyl (C=O) groups excluding carboxylic acids is 2. The van der Waals surface area contributed by atoms with E-state index in [-0.39, 0.29) is 0 Å². The number of carbonyl (C=O) groups is 2. The third-order valence-corrected chi connectivity index (χ3v) is 4.17. The first-order chi connectivity index (χ1) is 10.5. The maximum atomic E-state index is 12.2. The Morgan fingerprint density at radius 1 is 1.14 bits per heavy atom. The van der Waals surface area contributed by atoms with E-state index in [4.69, 9.17) is 17.3 Å². The SMILES string of the molecule is NC(=O)[C@@H](Cc1ccc(I)cc1)NC(=O)c1ccccc1Cl. The van der Waals surface area contributed by atoms with Gasteiger partial charge in [0.1, 0.15) is 6.04 Å². The van der Waals surface area contributed by atoms with Gasteiger partial charge >= 0.3 is 0 Å². The number of nitrogens with one attached hydrogen (secondary N) is 1. The molecule has 6 heteroatoms. The molecule has 2 aromatic rings. The molecule has 0 radical (unpaired) electrons. The summed E-state index contributed by atoms with van der Waals surface area (Å²) < 4.78 is 1.09. The van der Waals surface area contributed by atoms with Gasteiger partial charge in [0.25, 0.3) is 5.91 Å². The molecule has 22 heavy (non-hydrogen) atoms. The number of hydrogen-bond acceptors (Lipinski definition) is 2. The van der Waals surface area contributed by atoms with Crippen LogP contribution in [-0.2, 0) is 11.2 Å². The van der Waals surface area contributed by atoms with E-state index in [0.717, 1.165) is 9.13 Å². The third-order valence-electron chi connectivity index (χ3n) is 3.12. The van der Waals surface area contributed by atoms with E-state index in [1.54, 1.807) is 24.3 Å². The van der Waals surface area contributed by atoms with Gasteiger partial charge in [-0.25, -0.2) is 0 Å². The molecule has 0 spiro atoms. The second-order valence-electron chi connectivity index (χ2n) is 4.74. The van der Waals surface area contributed by atoms with Crippen LogP contribution >= 0.6 is 34.2 Å². The number of hydrogen-bond donors (Lipinski definition) is 2. The molecular formula is C16H14ClIN2O2. The standard InChI is InChI=1S/C16H14ClIN2O2/c17-13-4-2-1-3-12(13)16(22)20-14(15(19)21)9-10-5-7-11(18)8-6-10/h1-8,14H,9H2,(H2,19,21)(H,20,22)/t14-/m1/s1. The summed E-state index contributed by atoms with van der Waals surface area (Å²) in [6.07, 6.45) is 0.336. The molecule has 1 atom stereocenters. The number of rotatable bonds is 5. The molecule has 0 bridgehead atoms. The highest BCUT2D eigenvalue weighted by atomic mass is 127. The Balaban J connectivity index is 2.12. The molecule has 4 nitrogen and oxygen atoms in total. The van der Waals surface area contributed by atoms with Crippen molar-refractivity contribution in [2.75, 3.05) is 0 Å². The zero-order chi connectivity index (χ0) is 16.1. The van der Waals surface area contributed by atoms with Crippen molar-refractivity contribution < 1.29 is 9.59 Å². The van der Waals surface area contributed by atoms with Crippen LogP contribution in [0.1, 0.15) is 15.9 Å². The van der Waals surface area contributed by atoms with E-state index >= 15 is 0 Å². The Labute approximate surface area is 147 Å². The third kappa shape index (κ3) is 4.45. The average molecular weight is 429 g/mol. The predicted molar refractivity (Wildman–Crippen MR) is 94.8 cm³/mol. The quantitative estimate of drug-likeness (QED) is 0.719. The van der Waals surface area contributed by atoms with E-state index in [2.05, 4.69) is 27.9 Å². The zero-order valence-electron chi connectivity index (χ0n) is 11.6. The van der Waals surface area contributed by atoms with Gasteiger partial charge < -0.3 is 11.1 Å². The Morgan fingerprint density at radius 2 is 1.77 bits per heavy atom. The molecular weight excluding hydrogens is 415 g/mol. The molecule has 3 N–H and O–H groups in total. The molecule has 0 aliphatic heterocycles. The lowest BCUT2D eigenvalue weighted by Crippen LogP contribution is -2.45. The lowest BCUT2D eigenvalue weighted by atomic mass is 10.0. The number of nitrogens with two attached hydrogens (primary N) is 1. The molecule has 2 rings (SSSR count). The predicted octanol–water partition coefficient (Wildman–Crippen LogP) is 2.77. The van der Waals surface area contributed by atoms with Crippen LogP contribution in [-0.4, -0.2) is 17.9 Å². The molecule has 114 valence electrons. The number of amides is 2. The van der Waals surface area contributed by atoms with Crippen molar-refractivity contribution in [1.82, 2.24) is 5.32 Å². The summed E-state index contributed by atoms with van der Waals surface area (Å²) in [5.41, 5.74) is 6.63. The van der Waals surface area contributed by atoms with E-state index < -0.39 is 17.9 Å². The van der Waals surface area contributed by atoms with Gasteiger partial charge in [0.05, 0.1) is 10.6 Å². The molecule has 0 aliphatic rings. The average Bonchev–Trinajstić information content (AvgIpc) is 2.49. The van der Waals surface area contributed by atoms with E-state index in [0.29, 0.717) is 17.0 Å². The highest BCUT2D eigenvalue weighted by molar-refractivity contribution is 14.1. The smallest absolute Gasteiger partial charge is 0.253 e. The molecule has 0 saturated carbocycles. The summed E-state index contributed by atoms with van der Waals surface area (Å²) in [6.45, 7) is 0. The van der Waals surface area contributed by atoms with Crippen molar-refractivity contribution in [3.63, 3.8) is 0 Å². The molecule has 0 aromatic heterocycles. The highest BCUT2D eigenvalue weighted by Gasteiger charge is 2.20. The van der Waals surface area contributed by atoms with Crippen LogP contribution in [0.15, 0.2) is 48.5 Å². The molecule has 0 fully saturated rings. The van der Waals surface area contributed by atoms with Gasteiger partial charge in [0, 0.05) is 9.99 Å². The van der Waals surface area contributed by atoms with Crippen LogP contribution in [0.25, 0.3) is 0 Å². The van der Waals surface area contributed by atoms with Crippen molar-refractivity contribution in [3.8, 4) is 0 Å². The van der Waals surface area contributed by atoms with Crippen LogP contribution in [0.5, 0.6) is 0 Å². The van der Waals surface area contributed by atoms with Gasteiger partial charge in [-0.05, 0) is 52.4 Å². The highest BCUT2D eigenvalue weighted by Crippen LogP contribution is 2.15. The fourth-order valence-corrected chi connectivity index (χ4v) is 2.54. The van der Waals surface area contributed by atoms with Crippen molar-refractivity contribution in [3.05, 3.63) is 68.3 Å². The maximum Gasteiger partial charge on any atom is 0.253 e. The van der Waals surface area contributed by atoms with Crippen molar-refractivity contribution in [2.24, 2.45) is 5.73 Å². The van der Waals surface area contributed by atoms with E-state index in [1.165, 1.54) is 0 Å². The fraction of sp³-hybridized carbons (Fsp3) is 0.125. The van der Waals surface area contributed by atoms with Crippen molar-refractivity contribution >= 4 is 46.0 Å². The summed E-state index contributed by atoms with van der Waals surface area (Å²) >= 11 is 8.18. The van der Waals surface area contributed by atoms with E-state index in [9.17, 15) is 9.59 Å². The van der Waals surface area contributed by atoms with Gasteiger partial charge in [0.2, 0.25) is 5.91 Å². The first-order valence-corrected chi connectivity index (χ1v) is 8.02.